The Morgan fingerprint density at radius 1 is 1.35 bits per heavy atom. The fourth-order valence-corrected chi connectivity index (χ4v) is 3.06. The smallest absolute Gasteiger partial charge is 0.416 e. The first kappa shape index (κ1) is 15.3. The lowest BCUT2D eigenvalue weighted by molar-refractivity contribution is -0.144. The molecule has 2 atom stereocenters. The number of nitrogens with zero attached hydrogens (tertiary/aromatic N) is 3. The molecular weight excluding hydrogens is 313 g/mol. The Labute approximate surface area is 128 Å². The average Bonchev–Trinajstić information content (AvgIpc) is 2.85. The maximum Gasteiger partial charge on any atom is 0.416 e. The summed E-state index contributed by atoms with van der Waals surface area (Å²) in [5.41, 5.74) is 4.61. The van der Waals surface area contributed by atoms with Crippen LogP contribution >= 0.6 is 0 Å². The van der Waals surface area contributed by atoms with Gasteiger partial charge in [-0.15, -0.1) is 5.10 Å². The van der Waals surface area contributed by atoms with Crippen LogP contribution in [0.4, 0.5) is 19.1 Å². The van der Waals surface area contributed by atoms with Gasteiger partial charge in [0.05, 0.1) is 5.56 Å². The highest BCUT2D eigenvalue weighted by molar-refractivity contribution is 5.74. The molecule has 2 unspecified atom stereocenters. The van der Waals surface area contributed by atoms with Crippen LogP contribution in [0.2, 0.25) is 0 Å². The van der Waals surface area contributed by atoms with E-state index in [2.05, 4.69) is 10.1 Å². The third-order valence-corrected chi connectivity index (χ3v) is 3.96. The van der Waals surface area contributed by atoms with Crippen LogP contribution in [0.5, 0.6) is 0 Å². The van der Waals surface area contributed by atoms with Crippen molar-refractivity contribution in [2.24, 2.45) is 0 Å². The van der Waals surface area contributed by atoms with Crippen LogP contribution in [0.1, 0.15) is 35.3 Å². The van der Waals surface area contributed by atoms with Gasteiger partial charge in [0, 0.05) is 12.3 Å². The van der Waals surface area contributed by atoms with Crippen molar-refractivity contribution in [2.45, 2.75) is 31.0 Å². The fourth-order valence-electron chi connectivity index (χ4n) is 3.06. The first-order valence-electron chi connectivity index (χ1n) is 6.89. The molecule has 2 aromatic rings. The van der Waals surface area contributed by atoms with Gasteiger partial charge >= 0.3 is 12.1 Å². The Kier molecular flexibility index (Phi) is 3.50. The van der Waals surface area contributed by atoms with Gasteiger partial charge < -0.3 is 10.8 Å². The van der Waals surface area contributed by atoms with Crippen molar-refractivity contribution in [1.29, 1.82) is 0 Å². The van der Waals surface area contributed by atoms with Crippen molar-refractivity contribution < 1.29 is 23.1 Å². The summed E-state index contributed by atoms with van der Waals surface area (Å²) < 4.78 is 40.8. The number of anilines is 1. The minimum Gasteiger partial charge on any atom is -0.480 e. The molecule has 0 aliphatic carbocycles. The van der Waals surface area contributed by atoms with Gasteiger partial charge in [0.15, 0.2) is 6.04 Å². The number of fused-ring (bicyclic) bond motifs is 1. The molecule has 9 heteroatoms. The SMILES string of the molecule is Nc1nc2n(n1)C(C(=O)O)C(c1ccccc1C(F)(F)F)CC2. The second-order valence-corrected chi connectivity index (χ2v) is 5.34. The number of nitrogen functional groups attached to an aromatic ring is 1. The summed E-state index contributed by atoms with van der Waals surface area (Å²) in [5.74, 6) is -1.84. The van der Waals surface area contributed by atoms with Crippen LogP contribution in [0.15, 0.2) is 24.3 Å². The van der Waals surface area contributed by atoms with Gasteiger partial charge in [0.25, 0.3) is 0 Å². The number of aliphatic carboxylic acids is 1. The Bertz CT molecular complexity index is 757. The highest BCUT2D eigenvalue weighted by Crippen LogP contribution is 2.43. The molecule has 3 N–H and O–H groups in total. The molecule has 1 aliphatic rings. The van der Waals surface area contributed by atoms with Crippen LogP contribution in [0, 0.1) is 0 Å². The van der Waals surface area contributed by atoms with Crippen molar-refractivity contribution >= 4 is 11.9 Å². The molecule has 0 fully saturated rings. The van der Waals surface area contributed by atoms with Gasteiger partial charge in [0.1, 0.15) is 5.82 Å². The first-order valence-corrected chi connectivity index (χ1v) is 6.89. The summed E-state index contributed by atoms with van der Waals surface area (Å²) in [7, 11) is 0. The predicted molar refractivity (Wildman–Crippen MR) is 73.6 cm³/mol. The second-order valence-electron chi connectivity index (χ2n) is 5.34. The number of carbonyl (C=O) groups is 1. The Morgan fingerprint density at radius 3 is 2.70 bits per heavy atom. The Hall–Kier alpha value is -2.58. The predicted octanol–water partition coefficient (Wildman–Crippen LogP) is 2.23. The number of carboxylic acid groups (broad SMARTS) is 1. The zero-order chi connectivity index (χ0) is 16.8. The molecule has 0 radical (unpaired) electrons. The standard InChI is InChI=1S/C14H13F3N4O2/c15-14(16,17)9-4-2-1-3-7(9)8-5-6-10-19-13(18)20-21(10)11(8)12(22)23/h1-4,8,11H,5-6H2,(H2,18,20)(H,22,23). The van der Waals surface area contributed by atoms with Gasteiger partial charge in [-0.1, -0.05) is 18.2 Å². The lowest BCUT2D eigenvalue weighted by Crippen LogP contribution is -2.33. The lowest BCUT2D eigenvalue weighted by atomic mass is 9.82. The fraction of sp³-hybridized carbons (Fsp3) is 0.357. The van der Waals surface area contributed by atoms with Crippen LogP contribution < -0.4 is 5.73 Å². The molecule has 6 nitrogen and oxygen atoms in total. The van der Waals surface area contributed by atoms with Gasteiger partial charge in [0.2, 0.25) is 5.95 Å². The summed E-state index contributed by atoms with van der Waals surface area (Å²) >= 11 is 0. The molecule has 0 amide bonds. The van der Waals surface area contributed by atoms with E-state index in [0.29, 0.717) is 12.2 Å². The minimum absolute atomic E-state index is 0.0490. The summed E-state index contributed by atoms with van der Waals surface area (Å²) in [6, 6.07) is 3.75. The number of halogens is 3. The van der Waals surface area contributed by atoms with E-state index < -0.39 is 29.7 Å². The van der Waals surface area contributed by atoms with E-state index >= 15 is 0 Å². The van der Waals surface area contributed by atoms with Crippen molar-refractivity contribution in [2.75, 3.05) is 5.73 Å². The maximum absolute atomic E-state index is 13.2. The number of benzene rings is 1. The molecule has 1 aromatic heterocycles. The maximum atomic E-state index is 13.2. The van der Waals surface area contributed by atoms with Crippen LogP contribution in [-0.2, 0) is 17.4 Å². The molecule has 3 rings (SSSR count). The number of rotatable bonds is 2. The number of hydrogen-bond donors (Lipinski definition) is 2. The van der Waals surface area contributed by atoms with Crippen molar-refractivity contribution in [3.8, 4) is 0 Å². The third kappa shape index (κ3) is 2.62. The van der Waals surface area contributed by atoms with Gasteiger partial charge in [-0.2, -0.15) is 18.2 Å². The van der Waals surface area contributed by atoms with E-state index in [9.17, 15) is 23.1 Å². The van der Waals surface area contributed by atoms with Crippen LogP contribution in [-0.4, -0.2) is 25.8 Å². The number of hydrogen-bond acceptors (Lipinski definition) is 4. The molecule has 0 bridgehead atoms. The first-order chi connectivity index (χ1) is 10.8. The highest BCUT2D eigenvalue weighted by Gasteiger charge is 2.42. The molecule has 2 heterocycles. The van der Waals surface area contributed by atoms with E-state index in [1.165, 1.54) is 18.2 Å². The molecule has 0 saturated heterocycles. The summed E-state index contributed by atoms with van der Waals surface area (Å²) in [5, 5.41) is 13.4. The van der Waals surface area contributed by atoms with E-state index in [4.69, 9.17) is 5.73 Å². The zero-order valence-corrected chi connectivity index (χ0v) is 11.8. The number of aromatic nitrogens is 3. The van der Waals surface area contributed by atoms with Gasteiger partial charge in [-0.05, 0) is 18.1 Å². The number of aryl methyl sites for hydroxylation is 1. The molecule has 23 heavy (non-hydrogen) atoms. The largest absolute Gasteiger partial charge is 0.480 e. The van der Waals surface area contributed by atoms with Crippen LogP contribution in [0.25, 0.3) is 0 Å². The monoisotopic (exact) mass is 326 g/mol. The Balaban J connectivity index is 2.12. The Morgan fingerprint density at radius 2 is 2.04 bits per heavy atom. The summed E-state index contributed by atoms with van der Waals surface area (Å²) in [6.07, 6.45) is -4.02. The minimum atomic E-state index is -4.55. The number of alkyl halides is 3. The van der Waals surface area contributed by atoms with Gasteiger partial charge in [-0.25, -0.2) is 9.48 Å². The van der Waals surface area contributed by atoms with Crippen molar-refractivity contribution in [3.63, 3.8) is 0 Å². The normalized spacial score (nSPS) is 21.0. The highest BCUT2D eigenvalue weighted by atomic mass is 19.4. The summed E-state index contributed by atoms with van der Waals surface area (Å²) in [6.45, 7) is 0. The van der Waals surface area contributed by atoms with Crippen molar-refractivity contribution in [3.05, 3.63) is 41.2 Å². The van der Waals surface area contributed by atoms with E-state index in [1.54, 1.807) is 0 Å². The molecule has 1 aliphatic heterocycles. The van der Waals surface area contributed by atoms with Crippen LogP contribution in [0.3, 0.4) is 0 Å². The number of nitrogens with two attached hydrogens (primary N) is 1. The van der Waals surface area contributed by atoms with E-state index in [-0.39, 0.29) is 17.9 Å². The quantitative estimate of drug-likeness (QED) is 0.882. The van der Waals surface area contributed by atoms with Crippen molar-refractivity contribution in [1.82, 2.24) is 14.8 Å². The molecular formula is C14H13F3N4O2. The van der Waals surface area contributed by atoms with E-state index in [0.717, 1.165) is 10.7 Å². The number of carboxylic acids is 1. The average molecular weight is 326 g/mol. The molecule has 122 valence electrons. The summed E-state index contributed by atoms with van der Waals surface area (Å²) in [4.78, 5) is 15.6. The molecule has 0 saturated carbocycles. The topological polar surface area (TPSA) is 94.0 Å². The zero-order valence-electron chi connectivity index (χ0n) is 11.8. The van der Waals surface area contributed by atoms with E-state index in [1.807, 2.05) is 0 Å². The third-order valence-electron chi connectivity index (χ3n) is 3.96. The second kappa shape index (κ2) is 5.25. The lowest BCUT2D eigenvalue weighted by Gasteiger charge is -2.31. The molecule has 0 spiro atoms. The van der Waals surface area contributed by atoms with Gasteiger partial charge in [-0.3, -0.25) is 0 Å². The molecule has 1 aromatic carbocycles.